The molecule has 0 amide bonds. The number of likely N-dealkylation sites (N-methyl/N-ethyl adjacent to an activating group) is 1. The minimum atomic E-state index is -0.0489. The second-order valence-corrected chi connectivity index (χ2v) is 6.90. The Morgan fingerprint density at radius 2 is 1.53 bits per heavy atom. The molecule has 204 valence electrons. The van der Waals surface area contributed by atoms with Crippen molar-refractivity contribution in [1.82, 2.24) is 20.0 Å². The number of oxime groups is 1. The molecule has 13 nitrogen and oxygen atoms in total. The molecule has 13 heteroatoms. The third-order valence-electron chi connectivity index (χ3n) is 4.22. The summed E-state index contributed by atoms with van der Waals surface area (Å²) in [6.07, 6.45) is 7.08. The molecule has 0 aliphatic heterocycles. The van der Waals surface area contributed by atoms with Crippen LogP contribution in [0, 0.1) is 0 Å². The molecule has 3 heterocycles. The number of aliphatic hydroxyl groups is 1. The summed E-state index contributed by atoms with van der Waals surface area (Å²) in [4.78, 5) is 41.0. The fraction of sp³-hybridized carbons (Fsp3) is 0.280. The van der Waals surface area contributed by atoms with Crippen molar-refractivity contribution in [2.75, 3.05) is 41.0 Å². The van der Waals surface area contributed by atoms with Crippen LogP contribution in [-0.4, -0.2) is 90.0 Å². The van der Waals surface area contributed by atoms with Crippen molar-refractivity contribution >= 4 is 18.8 Å². The van der Waals surface area contributed by atoms with E-state index in [2.05, 4.69) is 24.9 Å². The van der Waals surface area contributed by atoms with Crippen molar-refractivity contribution in [3.63, 3.8) is 0 Å². The molecule has 3 aromatic heterocycles. The standard InChI is InChI=1S/C10H16N2O3.C9H10N2O3.C6H5NO2/c1-12(14-2)5-6-15-10-4-3-9(8-13)11-7-10;1-13-11-4-5-14-9-3-2-8(7-12)10-6-9;8-4-5-1-2-6(9)3-7-5/h3-4,7,13H,5-6,8H2,1-2H3;2-4,6-7H,5H2,1H3;1-4,9H. The normalized spacial score (nSPS) is 10.0. The summed E-state index contributed by atoms with van der Waals surface area (Å²) in [6.45, 7) is 1.46. The Labute approximate surface area is 220 Å². The van der Waals surface area contributed by atoms with Crippen LogP contribution in [0.4, 0.5) is 0 Å². The number of aromatic nitrogens is 3. The number of nitrogens with zero attached hydrogens (tertiary/aromatic N) is 5. The number of hydrogen-bond donors (Lipinski definition) is 2. The first-order valence-electron chi connectivity index (χ1n) is 11.1. The molecule has 0 radical (unpaired) electrons. The van der Waals surface area contributed by atoms with Crippen LogP contribution in [0.25, 0.3) is 0 Å². The van der Waals surface area contributed by atoms with Crippen LogP contribution in [-0.2, 0) is 16.3 Å². The summed E-state index contributed by atoms with van der Waals surface area (Å²) in [5.41, 5.74) is 1.34. The molecule has 0 fully saturated rings. The van der Waals surface area contributed by atoms with Crippen molar-refractivity contribution in [3.05, 3.63) is 72.1 Å². The number of pyridine rings is 3. The zero-order valence-electron chi connectivity index (χ0n) is 21.3. The first kappa shape index (κ1) is 31.6. The van der Waals surface area contributed by atoms with Crippen molar-refractivity contribution in [2.24, 2.45) is 5.16 Å². The zero-order chi connectivity index (χ0) is 28.0. The summed E-state index contributed by atoms with van der Waals surface area (Å²) in [6, 6.07) is 9.62. The van der Waals surface area contributed by atoms with Gasteiger partial charge in [0.15, 0.2) is 12.6 Å². The number of carbonyl (C=O) groups is 2. The smallest absolute Gasteiger partial charge is 0.168 e. The number of aromatic hydroxyl groups is 1. The van der Waals surface area contributed by atoms with Crippen LogP contribution in [0.15, 0.2) is 60.1 Å². The molecule has 0 spiro atoms. The molecule has 0 aliphatic carbocycles. The maximum Gasteiger partial charge on any atom is 0.168 e. The second-order valence-electron chi connectivity index (χ2n) is 6.90. The number of carbonyl (C=O) groups excluding carboxylic acids is 2. The SMILES string of the molecule is CON(C)CCOc1ccc(CO)nc1.CON=CCOc1ccc(C=O)nc1.O=Cc1ccc(O)cn1. The van der Waals surface area contributed by atoms with Gasteiger partial charge in [0.1, 0.15) is 49.0 Å². The largest absolute Gasteiger partial charge is 0.506 e. The fourth-order valence-corrected chi connectivity index (χ4v) is 2.23. The molecular formula is C25H31N5O8. The van der Waals surface area contributed by atoms with E-state index in [0.717, 1.165) is 0 Å². The Morgan fingerprint density at radius 3 is 2.03 bits per heavy atom. The van der Waals surface area contributed by atoms with E-state index < -0.39 is 0 Å². The van der Waals surface area contributed by atoms with Gasteiger partial charge < -0.3 is 29.4 Å². The van der Waals surface area contributed by atoms with Crippen LogP contribution >= 0.6 is 0 Å². The highest BCUT2D eigenvalue weighted by molar-refractivity contribution is 5.72. The molecule has 0 aliphatic rings. The minimum Gasteiger partial charge on any atom is -0.506 e. The number of hydrogen-bond acceptors (Lipinski definition) is 13. The lowest BCUT2D eigenvalue weighted by atomic mass is 10.3. The summed E-state index contributed by atoms with van der Waals surface area (Å²) >= 11 is 0. The molecule has 0 bridgehead atoms. The topological polar surface area (TPSA) is 166 Å². The van der Waals surface area contributed by atoms with Gasteiger partial charge in [-0.3, -0.25) is 14.6 Å². The van der Waals surface area contributed by atoms with Crippen LogP contribution < -0.4 is 9.47 Å². The molecule has 0 unspecified atom stereocenters. The Balaban J connectivity index is 0.000000294. The van der Waals surface area contributed by atoms with Crippen molar-refractivity contribution in [1.29, 1.82) is 0 Å². The average molecular weight is 530 g/mol. The van der Waals surface area contributed by atoms with Crippen LogP contribution in [0.5, 0.6) is 17.2 Å². The van der Waals surface area contributed by atoms with Gasteiger partial charge in [-0.15, -0.1) is 0 Å². The average Bonchev–Trinajstić information content (AvgIpc) is 2.97. The van der Waals surface area contributed by atoms with Gasteiger partial charge in [0.25, 0.3) is 0 Å². The first-order valence-corrected chi connectivity index (χ1v) is 11.1. The molecular weight excluding hydrogens is 498 g/mol. The highest BCUT2D eigenvalue weighted by Crippen LogP contribution is 2.09. The fourth-order valence-electron chi connectivity index (χ4n) is 2.23. The van der Waals surface area contributed by atoms with Gasteiger partial charge in [0, 0.05) is 7.05 Å². The Morgan fingerprint density at radius 1 is 0.895 bits per heavy atom. The second kappa shape index (κ2) is 19.7. The third kappa shape index (κ3) is 14.2. The minimum absolute atomic E-state index is 0.0489. The molecule has 38 heavy (non-hydrogen) atoms. The molecule has 0 atom stereocenters. The van der Waals surface area contributed by atoms with E-state index in [1.54, 1.807) is 42.6 Å². The van der Waals surface area contributed by atoms with E-state index in [1.165, 1.54) is 37.9 Å². The maximum atomic E-state index is 10.3. The van der Waals surface area contributed by atoms with Crippen molar-refractivity contribution < 1.29 is 39.0 Å². The maximum absolute atomic E-state index is 10.3. The van der Waals surface area contributed by atoms with E-state index >= 15 is 0 Å². The number of rotatable bonds is 12. The summed E-state index contributed by atoms with van der Waals surface area (Å²) in [7, 11) is 4.89. The monoisotopic (exact) mass is 529 g/mol. The number of hydroxylamine groups is 2. The van der Waals surface area contributed by atoms with Gasteiger partial charge >= 0.3 is 0 Å². The van der Waals surface area contributed by atoms with E-state index in [0.29, 0.717) is 60.9 Å². The Kier molecular flexibility index (Phi) is 16.4. The number of aldehydes is 2. The molecule has 0 saturated carbocycles. The van der Waals surface area contributed by atoms with Gasteiger partial charge in [0.2, 0.25) is 0 Å². The summed E-state index contributed by atoms with van der Waals surface area (Å²) in [5.74, 6) is 1.34. The third-order valence-corrected chi connectivity index (χ3v) is 4.22. The first-order chi connectivity index (χ1) is 18.4. The molecule has 3 aromatic rings. The number of aliphatic hydroxyl groups excluding tert-OH is 1. The predicted molar refractivity (Wildman–Crippen MR) is 137 cm³/mol. The summed E-state index contributed by atoms with van der Waals surface area (Å²) < 4.78 is 10.6. The molecule has 3 rings (SSSR count). The predicted octanol–water partition coefficient (Wildman–Crippen LogP) is 1.95. The quantitative estimate of drug-likeness (QED) is 0.199. The van der Waals surface area contributed by atoms with Gasteiger partial charge in [-0.25, -0.2) is 9.97 Å². The lowest BCUT2D eigenvalue weighted by molar-refractivity contribution is -0.113. The highest BCUT2D eigenvalue weighted by Gasteiger charge is 1.98. The van der Waals surface area contributed by atoms with Crippen molar-refractivity contribution in [2.45, 2.75) is 6.61 Å². The van der Waals surface area contributed by atoms with E-state index in [-0.39, 0.29) is 12.4 Å². The summed E-state index contributed by atoms with van der Waals surface area (Å²) in [5, 5.41) is 22.6. The van der Waals surface area contributed by atoms with Crippen LogP contribution in [0.3, 0.4) is 0 Å². The highest BCUT2D eigenvalue weighted by atomic mass is 16.7. The zero-order valence-corrected chi connectivity index (χ0v) is 21.3. The van der Waals surface area contributed by atoms with Crippen LogP contribution in [0.1, 0.15) is 26.7 Å². The van der Waals surface area contributed by atoms with E-state index in [1.807, 2.05) is 7.05 Å². The lowest BCUT2D eigenvalue weighted by Crippen LogP contribution is -2.22. The lowest BCUT2D eigenvalue weighted by Gasteiger charge is -2.13. The van der Waals surface area contributed by atoms with Gasteiger partial charge in [-0.2, -0.15) is 5.06 Å². The van der Waals surface area contributed by atoms with Crippen molar-refractivity contribution in [3.8, 4) is 17.2 Å². The van der Waals surface area contributed by atoms with E-state index in [9.17, 15) is 9.59 Å². The van der Waals surface area contributed by atoms with Gasteiger partial charge in [-0.1, -0.05) is 5.16 Å². The van der Waals surface area contributed by atoms with Crippen LogP contribution in [0.2, 0.25) is 0 Å². The molecule has 2 N–H and O–H groups in total. The molecule has 0 saturated heterocycles. The van der Waals surface area contributed by atoms with E-state index in [4.69, 9.17) is 24.5 Å². The molecule has 0 aromatic carbocycles. The number of ether oxygens (including phenoxy) is 2. The Hall–Kier alpha value is -4.46. The van der Waals surface area contributed by atoms with Gasteiger partial charge in [-0.05, 0) is 36.4 Å². The van der Waals surface area contributed by atoms with Gasteiger partial charge in [0.05, 0.1) is 50.8 Å². The Bertz CT molecular complexity index is 1060.